The molecule has 0 spiro atoms. The molecule has 0 aromatic heterocycles. The molecule has 0 amide bonds. The molecule has 2 aliphatic heterocycles. The molecular formula is C17H18N2. The monoisotopic (exact) mass is 250 g/mol. The number of benzene rings is 1. The van der Waals surface area contributed by atoms with Crippen LogP contribution in [0.4, 0.5) is 11.4 Å². The molecule has 0 bridgehead atoms. The molecular weight excluding hydrogens is 232 g/mol. The van der Waals surface area contributed by atoms with Gasteiger partial charge in [0.05, 0.1) is 11.4 Å². The van der Waals surface area contributed by atoms with Crippen LogP contribution in [0.25, 0.3) is 0 Å². The SMILES string of the molecule is CN1c2ccccc2N2C=CC3C=CC=CC3(C)C12. The molecule has 0 N–H and O–H groups in total. The first-order chi connectivity index (χ1) is 9.22. The number of para-hydroxylation sites is 2. The van der Waals surface area contributed by atoms with Gasteiger partial charge < -0.3 is 9.80 Å². The van der Waals surface area contributed by atoms with Gasteiger partial charge >= 0.3 is 0 Å². The van der Waals surface area contributed by atoms with Crippen LogP contribution in [0, 0.1) is 11.3 Å². The average Bonchev–Trinajstić information content (AvgIpc) is 2.73. The summed E-state index contributed by atoms with van der Waals surface area (Å²) in [5, 5.41) is 0. The van der Waals surface area contributed by atoms with Crippen LogP contribution < -0.4 is 9.80 Å². The van der Waals surface area contributed by atoms with Crippen molar-refractivity contribution in [1.82, 2.24) is 0 Å². The number of allylic oxidation sites excluding steroid dienone is 4. The van der Waals surface area contributed by atoms with E-state index in [4.69, 9.17) is 0 Å². The van der Waals surface area contributed by atoms with Crippen molar-refractivity contribution in [2.45, 2.75) is 13.1 Å². The smallest absolute Gasteiger partial charge is 0.115 e. The van der Waals surface area contributed by atoms with Crippen LogP contribution >= 0.6 is 0 Å². The van der Waals surface area contributed by atoms with Gasteiger partial charge in [-0.25, -0.2) is 0 Å². The van der Waals surface area contributed by atoms with E-state index in [0.717, 1.165) is 0 Å². The van der Waals surface area contributed by atoms with Gasteiger partial charge in [0.15, 0.2) is 0 Å². The van der Waals surface area contributed by atoms with Gasteiger partial charge in [-0.3, -0.25) is 0 Å². The highest BCUT2D eigenvalue weighted by Crippen LogP contribution is 2.51. The van der Waals surface area contributed by atoms with Gasteiger partial charge in [-0.05, 0) is 12.1 Å². The van der Waals surface area contributed by atoms with Crippen molar-refractivity contribution in [3.05, 3.63) is 60.8 Å². The van der Waals surface area contributed by atoms with Gasteiger partial charge in [0, 0.05) is 24.6 Å². The summed E-state index contributed by atoms with van der Waals surface area (Å²) in [7, 11) is 2.21. The van der Waals surface area contributed by atoms with E-state index in [1.165, 1.54) is 11.4 Å². The number of fused-ring (bicyclic) bond motifs is 5. The maximum Gasteiger partial charge on any atom is 0.115 e. The largest absolute Gasteiger partial charge is 0.352 e. The van der Waals surface area contributed by atoms with Crippen LogP contribution in [0.2, 0.25) is 0 Å². The highest BCUT2D eigenvalue weighted by molar-refractivity contribution is 5.79. The molecule has 19 heavy (non-hydrogen) atoms. The van der Waals surface area contributed by atoms with E-state index in [-0.39, 0.29) is 5.41 Å². The first kappa shape index (κ1) is 10.9. The van der Waals surface area contributed by atoms with E-state index in [2.05, 4.69) is 84.6 Å². The molecule has 1 aromatic carbocycles. The second kappa shape index (κ2) is 3.53. The van der Waals surface area contributed by atoms with Crippen molar-refractivity contribution in [3.63, 3.8) is 0 Å². The summed E-state index contributed by atoms with van der Waals surface area (Å²) in [6, 6.07) is 8.66. The van der Waals surface area contributed by atoms with Crippen LogP contribution in [0.15, 0.2) is 60.8 Å². The number of hydrogen-bond donors (Lipinski definition) is 0. The molecule has 3 aliphatic rings. The van der Waals surface area contributed by atoms with E-state index in [1.54, 1.807) is 0 Å². The summed E-state index contributed by atoms with van der Waals surface area (Å²) >= 11 is 0. The number of hydrogen-bond acceptors (Lipinski definition) is 2. The Morgan fingerprint density at radius 3 is 2.68 bits per heavy atom. The first-order valence-corrected chi connectivity index (χ1v) is 6.86. The molecule has 2 heteroatoms. The van der Waals surface area contributed by atoms with Gasteiger partial charge in [0.1, 0.15) is 6.17 Å². The number of anilines is 2. The van der Waals surface area contributed by atoms with Crippen molar-refractivity contribution >= 4 is 11.4 Å². The van der Waals surface area contributed by atoms with Crippen LogP contribution in [0.1, 0.15) is 6.92 Å². The van der Waals surface area contributed by atoms with Crippen molar-refractivity contribution < 1.29 is 0 Å². The third-order valence-corrected chi connectivity index (χ3v) is 4.78. The van der Waals surface area contributed by atoms with Crippen molar-refractivity contribution in [1.29, 1.82) is 0 Å². The molecule has 1 aromatic rings. The lowest BCUT2D eigenvalue weighted by Crippen LogP contribution is -2.55. The van der Waals surface area contributed by atoms with Crippen LogP contribution in [-0.2, 0) is 0 Å². The zero-order chi connectivity index (χ0) is 13.0. The molecule has 3 unspecified atom stereocenters. The Balaban J connectivity index is 1.90. The number of nitrogens with zero attached hydrogens (tertiary/aromatic N) is 2. The maximum absolute atomic E-state index is 2.41. The molecule has 0 fully saturated rings. The topological polar surface area (TPSA) is 6.48 Å². The van der Waals surface area contributed by atoms with Crippen LogP contribution in [0.3, 0.4) is 0 Å². The average molecular weight is 250 g/mol. The van der Waals surface area contributed by atoms with Crippen molar-refractivity contribution in [3.8, 4) is 0 Å². The molecule has 4 rings (SSSR count). The van der Waals surface area contributed by atoms with Crippen LogP contribution in [0.5, 0.6) is 0 Å². The summed E-state index contributed by atoms with van der Waals surface area (Å²) in [6.07, 6.45) is 14.0. The van der Waals surface area contributed by atoms with Crippen LogP contribution in [-0.4, -0.2) is 13.2 Å². The molecule has 2 heterocycles. The minimum absolute atomic E-state index is 0.122. The standard InChI is InChI=1S/C17H18N2/c1-17-11-6-5-7-13(17)10-12-19-15-9-4-3-8-14(15)18(2)16(17)19/h3-13,16H,1-2H3. The minimum atomic E-state index is 0.122. The molecule has 1 aliphatic carbocycles. The highest BCUT2D eigenvalue weighted by Gasteiger charge is 2.49. The van der Waals surface area contributed by atoms with Gasteiger partial charge in [0.2, 0.25) is 0 Å². The Morgan fingerprint density at radius 2 is 1.84 bits per heavy atom. The summed E-state index contributed by atoms with van der Waals surface area (Å²) in [6.45, 7) is 2.36. The Bertz CT molecular complexity index is 613. The fourth-order valence-electron chi connectivity index (χ4n) is 3.79. The minimum Gasteiger partial charge on any atom is -0.352 e. The lowest BCUT2D eigenvalue weighted by Gasteiger charge is -2.48. The number of rotatable bonds is 0. The Hall–Kier alpha value is -1.96. The zero-order valence-corrected chi connectivity index (χ0v) is 11.3. The predicted molar refractivity (Wildman–Crippen MR) is 80.1 cm³/mol. The lowest BCUT2D eigenvalue weighted by molar-refractivity contribution is 0.269. The lowest BCUT2D eigenvalue weighted by atomic mass is 9.70. The second-order valence-corrected chi connectivity index (χ2v) is 5.86. The third kappa shape index (κ3) is 1.26. The summed E-state index contributed by atoms with van der Waals surface area (Å²) in [5.74, 6) is 0.482. The fraction of sp³-hybridized carbons (Fsp3) is 0.294. The predicted octanol–water partition coefficient (Wildman–Crippen LogP) is 3.54. The van der Waals surface area contributed by atoms with Gasteiger partial charge in [0.25, 0.3) is 0 Å². The van der Waals surface area contributed by atoms with Gasteiger partial charge in [-0.15, -0.1) is 0 Å². The maximum atomic E-state index is 2.41. The molecule has 0 radical (unpaired) electrons. The molecule has 0 saturated carbocycles. The van der Waals surface area contributed by atoms with E-state index in [1.807, 2.05) is 0 Å². The van der Waals surface area contributed by atoms with Crippen molar-refractivity contribution in [2.75, 3.05) is 16.8 Å². The van der Waals surface area contributed by atoms with E-state index in [9.17, 15) is 0 Å². The van der Waals surface area contributed by atoms with E-state index in [0.29, 0.717) is 12.1 Å². The van der Waals surface area contributed by atoms with Crippen molar-refractivity contribution in [2.24, 2.45) is 11.3 Å². The quantitative estimate of drug-likeness (QED) is 0.695. The normalized spacial score (nSPS) is 34.2. The van der Waals surface area contributed by atoms with Gasteiger partial charge in [-0.2, -0.15) is 0 Å². The Kier molecular flexibility index (Phi) is 2.03. The fourth-order valence-corrected chi connectivity index (χ4v) is 3.79. The molecule has 2 nitrogen and oxygen atoms in total. The Labute approximate surface area is 114 Å². The second-order valence-electron chi connectivity index (χ2n) is 5.86. The van der Waals surface area contributed by atoms with E-state index < -0.39 is 0 Å². The summed E-state index contributed by atoms with van der Waals surface area (Å²) < 4.78 is 0. The molecule has 3 atom stereocenters. The first-order valence-electron chi connectivity index (χ1n) is 6.86. The summed E-state index contributed by atoms with van der Waals surface area (Å²) in [4.78, 5) is 4.82. The summed E-state index contributed by atoms with van der Waals surface area (Å²) in [5.41, 5.74) is 2.76. The Morgan fingerprint density at radius 1 is 1.05 bits per heavy atom. The molecule has 96 valence electrons. The highest BCUT2D eigenvalue weighted by atomic mass is 15.4. The van der Waals surface area contributed by atoms with Gasteiger partial charge in [-0.1, -0.05) is 49.4 Å². The third-order valence-electron chi connectivity index (χ3n) is 4.78. The molecule has 0 saturated heterocycles. The zero-order valence-electron chi connectivity index (χ0n) is 11.3. The van der Waals surface area contributed by atoms with E-state index >= 15 is 0 Å².